The summed E-state index contributed by atoms with van der Waals surface area (Å²) in [6, 6.07) is 10.7. The molecule has 0 saturated carbocycles. The lowest BCUT2D eigenvalue weighted by Gasteiger charge is -2.10. The third-order valence-electron chi connectivity index (χ3n) is 2.71. The first kappa shape index (κ1) is 14.0. The third-order valence-corrected chi connectivity index (χ3v) is 2.71. The molecule has 0 unspecified atom stereocenters. The van der Waals surface area contributed by atoms with Gasteiger partial charge in [-0.1, -0.05) is 12.1 Å². The van der Waals surface area contributed by atoms with E-state index in [4.69, 9.17) is 21.2 Å². The molecule has 0 bridgehead atoms. The summed E-state index contributed by atoms with van der Waals surface area (Å²) in [7, 11) is 2.83. The fourth-order valence-electron chi connectivity index (χ4n) is 1.75. The van der Waals surface area contributed by atoms with Crippen molar-refractivity contribution in [2.24, 2.45) is 0 Å². The Morgan fingerprint density at radius 2 is 1.10 bits per heavy atom. The Kier molecular flexibility index (Phi) is 4.29. The van der Waals surface area contributed by atoms with Crippen LogP contribution in [0.1, 0.15) is 0 Å². The van der Waals surface area contributed by atoms with Crippen molar-refractivity contribution < 1.29 is 19.6 Å². The fourth-order valence-corrected chi connectivity index (χ4v) is 1.75. The zero-order valence-electron chi connectivity index (χ0n) is 11.3. The topological polar surface area (TPSA) is 89.0 Å². The van der Waals surface area contributed by atoms with Crippen molar-refractivity contribution in [1.82, 2.24) is 0 Å². The van der Waals surface area contributed by atoms with E-state index in [0.29, 0.717) is 22.9 Å². The van der Waals surface area contributed by atoms with Gasteiger partial charge in [0, 0.05) is 0 Å². The summed E-state index contributed by atoms with van der Waals surface area (Å²) in [5.41, 5.74) is 14.3. The molecule has 0 aromatic heterocycles. The van der Waals surface area contributed by atoms with Crippen molar-refractivity contribution in [3.05, 3.63) is 36.4 Å². The molecule has 0 heterocycles. The maximum absolute atomic E-state index is 5.79. The maximum atomic E-state index is 5.79. The number of nitrogens with two attached hydrogens (primary N) is 2. The predicted molar refractivity (Wildman–Crippen MR) is 76.0 cm³/mol. The van der Waals surface area contributed by atoms with Crippen molar-refractivity contribution in [2.75, 3.05) is 25.7 Å². The summed E-state index contributed by atoms with van der Waals surface area (Å²) >= 11 is 0. The van der Waals surface area contributed by atoms with Gasteiger partial charge >= 0.3 is 0 Å². The molecule has 2 aromatic rings. The van der Waals surface area contributed by atoms with Crippen molar-refractivity contribution in [2.45, 2.75) is 0 Å². The van der Waals surface area contributed by atoms with Crippen LogP contribution in [0.15, 0.2) is 36.4 Å². The quantitative estimate of drug-likeness (QED) is 0.495. The molecular formula is C14H16N2O4. The maximum Gasteiger partial charge on any atom is 0.188 e. The monoisotopic (exact) mass is 276 g/mol. The normalized spacial score (nSPS) is 10.3. The highest BCUT2D eigenvalue weighted by Crippen LogP contribution is 2.33. The first-order valence-corrected chi connectivity index (χ1v) is 5.86. The average Bonchev–Trinajstić information content (AvgIpc) is 2.44. The second-order valence-corrected chi connectivity index (χ2v) is 4.01. The summed E-state index contributed by atoms with van der Waals surface area (Å²) in [6.07, 6.45) is 0. The molecule has 2 rings (SSSR count). The van der Waals surface area contributed by atoms with Crippen molar-refractivity contribution >= 4 is 11.4 Å². The molecule has 0 aliphatic heterocycles. The van der Waals surface area contributed by atoms with Crippen molar-refractivity contribution in [3.63, 3.8) is 0 Å². The van der Waals surface area contributed by atoms with Gasteiger partial charge < -0.3 is 21.2 Å². The van der Waals surface area contributed by atoms with Crippen LogP contribution in [-0.2, 0) is 9.78 Å². The summed E-state index contributed by atoms with van der Waals surface area (Å²) < 4.78 is 0. The number of rotatable bonds is 5. The van der Waals surface area contributed by atoms with Gasteiger partial charge in [0.2, 0.25) is 0 Å². The van der Waals surface area contributed by atoms with Crippen LogP contribution in [0, 0.1) is 0 Å². The molecular weight excluding hydrogens is 260 g/mol. The summed E-state index contributed by atoms with van der Waals surface area (Å²) in [5, 5.41) is 0. The van der Waals surface area contributed by atoms with Gasteiger partial charge in [0.05, 0.1) is 25.6 Å². The molecule has 20 heavy (non-hydrogen) atoms. The minimum Gasteiger partial charge on any atom is -0.396 e. The van der Waals surface area contributed by atoms with Crippen LogP contribution in [0.3, 0.4) is 0 Å². The highest BCUT2D eigenvalue weighted by atomic mass is 17.2. The molecule has 0 aliphatic rings. The van der Waals surface area contributed by atoms with Crippen molar-refractivity contribution in [1.29, 1.82) is 0 Å². The number of hydrogen-bond donors (Lipinski definition) is 2. The lowest BCUT2D eigenvalue weighted by Crippen LogP contribution is -1.98. The number of anilines is 2. The lowest BCUT2D eigenvalue weighted by molar-refractivity contribution is -0.177. The molecule has 2 aromatic carbocycles. The van der Waals surface area contributed by atoms with Crippen LogP contribution in [0.4, 0.5) is 11.4 Å². The Morgan fingerprint density at radius 3 is 1.45 bits per heavy atom. The zero-order valence-corrected chi connectivity index (χ0v) is 11.3. The van der Waals surface area contributed by atoms with E-state index < -0.39 is 0 Å². The molecule has 4 N–H and O–H groups in total. The molecule has 106 valence electrons. The molecule has 6 nitrogen and oxygen atoms in total. The van der Waals surface area contributed by atoms with Gasteiger partial charge in [0.25, 0.3) is 0 Å². The SMILES string of the molecule is COOc1cc(-c2ccc(N)c(OOC)c2)ccc1N. The number of hydrogen-bond acceptors (Lipinski definition) is 6. The van der Waals surface area contributed by atoms with Gasteiger partial charge in [-0.05, 0) is 35.4 Å². The van der Waals surface area contributed by atoms with E-state index in [1.807, 2.05) is 12.1 Å². The van der Waals surface area contributed by atoms with Crippen LogP contribution in [0.5, 0.6) is 11.5 Å². The van der Waals surface area contributed by atoms with E-state index >= 15 is 0 Å². The second kappa shape index (κ2) is 6.14. The molecule has 0 fully saturated rings. The Labute approximate surface area is 116 Å². The Balaban J connectivity index is 2.40. The second-order valence-electron chi connectivity index (χ2n) is 4.01. The van der Waals surface area contributed by atoms with E-state index in [1.54, 1.807) is 24.3 Å². The minimum absolute atomic E-state index is 0.441. The molecule has 0 aliphatic carbocycles. The van der Waals surface area contributed by atoms with Gasteiger partial charge in [0.1, 0.15) is 0 Å². The molecule has 0 saturated heterocycles. The Bertz CT molecular complexity index is 548. The number of benzene rings is 2. The largest absolute Gasteiger partial charge is 0.396 e. The minimum atomic E-state index is 0.441. The fraction of sp³-hybridized carbons (Fsp3) is 0.143. The first-order valence-electron chi connectivity index (χ1n) is 5.86. The van der Waals surface area contributed by atoms with Gasteiger partial charge in [-0.2, -0.15) is 9.78 Å². The standard InChI is InChI=1S/C14H16N2O4/c1-17-19-13-7-9(3-5-11(13)15)10-4-6-12(16)14(8-10)20-18-2/h3-8H,15-16H2,1-2H3. The smallest absolute Gasteiger partial charge is 0.188 e. The van der Waals surface area contributed by atoms with Crippen LogP contribution >= 0.6 is 0 Å². The van der Waals surface area contributed by atoms with E-state index in [-0.39, 0.29) is 0 Å². The van der Waals surface area contributed by atoms with E-state index in [2.05, 4.69) is 9.78 Å². The Hall–Kier alpha value is -2.44. The van der Waals surface area contributed by atoms with Gasteiger partial charge in [-0.25, -0.2) is 0 Å². The van der Waals surface area contributed by atoms with Gasteiger partial charge in [0.15, 0.2) is 11.5 Å². The lowest BCUT2D eigenvalue weighted by atomic mass is 10.0. The summed E-state index contributed by atoms with van der Waals surface area (Å²) in [5.74, 6) is 0.882. The summed E-state index contributed by atoms with van der Waals surface area (Å²) in [4.78, 5) is 19.3. The van der Waals surface area contributed by atoms with E-state index in [1.165, 1.54) is 14.2 Å². The average molecular weight is 276 g/mol. The molecule has 0 spiro atoms. The first-order chi connectivity index (χ1) is 9.65. The van der Waals surface area contributed by atoms with E-state index in [9.17, 15) is 0 Å². The van der Waals surface area contributed by atoms with Crippen LogP contribution in [-0.4, -0.2) is 14.2 Å². The Morgan fingerprint density at radius 1 is 0.700 bits per heavy atom. The van der Waals surface area contributed by atoms with Crippen molar-refractivity contribution in [3.8, 4) is 22.6 Å². The highest BCUT2D eigenvalue weighted by molar-refractivity contribution is 5.73. The van der Waals surface area contributed by atoms with Gasteiger partial charge in [-0.15, -0.1) is 0 Å². The molecule has 0 radical (unpaired) electrons. The van der Waals surface area contributed by atoms with Crippen LogP contribution < -0.4 is 21.2 Å². The highest BCUT2D eigenvalue weighted by Gasteiger charge is 2.08. The predicted octanol–water partition coefficient (Wildman–Crippen LogP) is 2.40. The van der Waals surface area contributed by atoms with Gasteiger partial charge in [-0.3, -0.25) is 0 Å². The molecule has 0 atom stereocenters. The molecule has 6 heteroatoms. The number of nitrogen functional groups attached to an aromatic ring is 2. The van der Waals surface area contributed by atoms with Crippen LogP contribution in [0.2, 0.25) is 0 Å². The third kappa shape index (κ3) is 2.93. The zero-order chi connectivity index (χ0) is 14.5. The molecule has 0 amide bonds. The van der Waals surface area contributed by atoms with Crippen LogP contribution in [0.25, 0.3) is 11.1 Å². The summed E-state index contributed by atoms with van der Waals surface area (Å²) in [6.45, 7) is 0. The van der Waals surface area contributed by atoms with E-state index in [0.717, 1.165) is 11.1 Å².